The fraction of sp³-hybridized carbons (Fsp3) is 0.214. The summed E-state index contributed by atoms with van der Waals surface area (Å²) in [5.41, 5.74) is -2.07. The molecule has 6 nitrogen and oxygen atoms in total. The van der Waals surface area contributed by atoms with Gasteiger partial charge in [0.05, 0.1) is 17.7 Å². The third-order valence-electron chi connectivity index (χ3n) is 2.94. The number of pyridine rings is 1. The number of carbonyl (C=O) groups excluding carboxylic acids is 2. The van der Waals surface area contributed by atoms with E-state index in [2.05, 4.69) is 10.1 Å². The van der Waals surface area contributed by atoms with Crippen molar-refractivity contribution in [1.82, 2.24) is 4.57 Å². The summed E-state index contributed by atoms with van der Waals surface area (Å²) < 4.78 is 43.4. The van der Waals surface area contributed by atoms with Crippen LogP contribution in [0.4, 0.5) is 18.2 Å². The Hall–Kier alpha value is -2.33. The van der Waals surface area contributed by atoms with E-state index in [1.54, 1.807) is 0 Å². The molecule has 1 amide bonds. The molecule has 0 aliphatic carbocycles. The van der Waals surface area contributed by atoms with Crippen molar-refractivity contribution >= 4 is 39.8 Å². The van der Waals surface area contributed by atoms with Crippen molar-refractivity contribution in [2.45, 2.75) is 12.7 Å². The number of nitrogens with zero attached hydrogens (tertiary/aromatic N) is 1. The second kappa shape index (κ2) is 7.28. The third kappa shape index (κ3) is 4.60. The van der Waals surface area contributed by atoms with E-state index in [1.807, 2.05) is 0 Å². The molecule has 0 spiro atoms. The molecule has 0 aliphatic heterocycles. The van der Waals surface area contributed by atoms with Crippen LogP contribution < -0.4 is 10.9 Å². The Morgan fingerprint density at radius 3 is 2.64 bits per heavy atom. The van der Waals surface area contributed by atoms with Gasteiger partial charge in [-0.3, -0.25) is 9.59 Å². The van der Waals surface area contributed by atoms with E-state index in [0.717, 1.165) is 11.3 Å². The number of hydrogen-bond donors (Lipinski definition) is 1. The first kappa shape index (κ1) is 19.0. The minimum atomic E-state index is -4.71. The standard InChI is InChI=1S/C14H10ClF3N2O4S/c1-24-13(23)9-2-3-11(25-9)19-10(21)6-20-5-7(14(16,17)18)4-8(15)12(20)22/h2-5H,6H2,1H3,(H,19,21). The van der Waals surface area contributed by atoms with Gasteiger partial charge in [0.15, 0.2) is 0 Å². The molecule has 134 valence electrons. The lowest BCUT2D eigenvalue weighted by atomic mass is 10.2. The highest BCUT2D eigenvalue weighted by Gasteiger charge is 2.32. The number of alkyl halides is 3. The average Bonchev–Trinajstić information content (AvgIpc) is 2.98. The lowest BCUT2D eigenvalue weighted by Gasteiger charge is -2.11. The number of amides is 1. The molecule has 0 saturated carbocycles. The molecule has 11 heteroatoms. The smallest absolute Gasteiger partial charge is 0.417 e. The fourth-order valence-corrected chi connectivity index (χ4v) is 2.89. The van der Waals surface area contributed by atoms with E-state index in [1.165, 1.54) is 19.2 Å². The van der Waals surface area contributed by atoms with Gasteiger partial charge in [0.2, 0.25) is 5.91 Å². The molecular formula is C14H10ClF3N2O4S. The van der Waals surface area contributed by atoms with Gasteiger partial charge in [-0.15, -0.1) is 11.3 Å². The average molecular weight is 395 g/mol. The summed E-state index contributed by atoms with van der Waals surface area (Å²) in [5, 5.41) is 2.01. The molecule has 2 aromatic heterocycles. The highest BCUT2D eigenvalue weighted by Crippen LogP contribution is 2.29. The minimum absolute atomic E-state index is 0.233. The van der Waals surface area contributed by atoms with Crippen molar-refractivity contribution in [3.05, 3.63) is 50.2 Å². The predicted molar refractivity (Wildman–Crippen MR) is 85.0 cm³/mol. The van der Waals surface area contributed by atoms with Crippen LogP contribution in [0.25, 0.3) is 0 Å². The van der Waals surface area contributed by atoms with Gasteiger partial charge < -0.3 is 14.6 Å². The van der Waals surface area contributed by atoms with Gasteiger partial charge in [-0.1, -0.05) is 11.6 Å². The number of aromatic nitrogens is 1. The van der Waals surface area contributed by atoms with Gasteiger partial charge >= 0.3 is 12.1 Å². The van der Waals surface area contributed by atoms with Gasteiger partial charge in [-0.05, 0) is 18.2 Å². The maximum absolute atomic E-state index is 12.8. The molecule has 0 unspecified atom stereocenters. The number of hydrogen-bond acceptors (Lipinski definition) is 5. The maximum atomic E-state index is 12.8. The zero-order chi connectivity index (χ0) is 18.8. The summed E-state index contributed by atoms with van der Waals surface area (Å²) in [4.78, 5) is 35.3. The van der Waals surface area contributed by atoms with Crippen LogP contribution in [-0.4, -0.2) is 23.6 Å². The molecule has 25 heavy (non-hydrogen) atoms. The van der Waals surface area contributed by atoms with Crippen LogP contribution in [-0.2, 0) is 22.3 Å². The quantitative estimate of drug-likeness (QED) is 0.809. The van der Waals surface area contributed by atoms with E-state index < -0.39 is 40.7 Å². The molecule has 0 fully saturated rings. The van der Waals surface area contributed by atoms with Crippen LogP contribution in [0.15, 0.2) is 29.2 Å². The first-order chi connectivity index (χ1) is 11.6. The third-order valence-corrected chi connectivity index (χ3v) is 4.19. The molecule has 1 N–H and O–H groups in total. The zero-order valence-corrected chi connectivity index (χ0v) is 14.1. The van der Waals surface area contributed by atoms with E-state index in [-0.39, 0.29) is 9.88 Å². The zero-order valence-electron chi connectivity index (χ0n) is 12.5. The van der Waals surface area contributed by atoms with E-state index in [4.69, 9.17) is 11.6 Å². The highest BCUT2D eigenvalue weighted by atomic mass is 35.5. The lowest BCUT2D eigenvalue weighted by molar-refractivity contribution is -0.138. The Bertz CT molecular complexity index is 876. The van der Waals surface area contributed by atoms with Crippen molar-refractivity contribution in [1.29, 1.82) is 0 Å². The van der Waals surface area contributed by atoms with Gasteiger partial charge in [0.1, 0.15) is 16.4 Å². The SMILES string of the molecule is COC(=O)c1ccc(NC(=O)Cn2cc(C(F)(F)F)cc(Cl)c2=O)s1. The van der Waals surface area contributed by atoms with Gasteiger partial charge in [-0.2, -0.15) is 13.2 Å². The first-order valence-electron chi connectivity index (χ1n) is 6.57. The molecule has 0 saturated heterocycles. The number of carbonyl (C=O) groups is 2. The summed E-state index contributed by atoms with van der Waals surface area (Å²) >= 11 is 6.43. The molecule has 0 aromatic carbocycles. The number of anilines is 1. The summed E-state index contributed by atoms with van der Waals surface area (Å²) in [6, 6.07) is 3.34. The Morgan fingerprint density at radius 1 is 1.36 bits per heavy atom. The van der Waals surface area contributed by atoms with Crippen molar-refractivity contribution in [3.8, 4) is 0 Å². The van der Waals surface area contributed by atoms with Crippen LogP contribution in [0.2, 0.25) is 5.02 Å². The molecule has 2 heterocycles. The van der Waals surface area contributed by atoms with Crippen LogP contribution >= 0.6 is 22.9 Å². The Kier molecular flexibility index (Phi) is 5.53. The molecule has 0 radical (unpaired) electrons. The lowest BCUT2D eigenvalue weighted by Crippen LogP contribution is -2.28. The van der Waals surface area contributed by atoms with E-state index in [9.17, 15) is 27.6 Å². The topological polar surface area (TPSA) is 77.4 Å². The largest absolute Gasteiger partial charge is 0.465 e. The molecule has 0 atom stereocenters. The molecular weight excluding hydrogens is 385 g/mol. The van der Waals surface area contributed by atoms with E-state index in [0.29, 0.717) is 16.8 Å². The second-order valence-corrected chi connectivity index (χ2v) is 6.20. The van der Waals surface area contributed by atoms with Gasteiger partial charge in [0, 0.05) is 6.20 Å². The van der Waals surface area contributed by atoms with E-state index >= 15 is 0 Å². The van der Waals surface area contributed by atoms with Crippen LogP contribution in [0.3, 0.4) is 0 Å². The molecule has 2 rings (SSSR count). The number of esters is 1. The van der Waals surface area contributed by atoms with Crippen molar-refractivity contribution in [2.75, 3.05) is 12.4 Å². The number of halogens is 4. The van der Waals surface area contributed by atoms with Gasteiger partial charge in [-0.25, -0.2) is 4.79 Å². The minimum Gasteiger partial charge on any atom is -0.465 e. The Labute approximate surface area is 147 Å². The van der Waals surface area contributed by atoms with Crippen LogP contribution in [0.1, 0.15) is 15.2 Å². The molecule has 0 bridgehead atoms. The van der Waals surface area contributed by atoms with Crippen molar-refractivity contribution in [2.24, 2.45) is 0 Å². The Morgan fingerprint density at radius 2 is 2.04 bits per heavy atom. The Balaban J connectivity index is 2.18. The highest BCUT2D eigenvalue weighted by molar-refractivity contribution is 7.18. The number of methoxy groups -OCH3 is 1. The van der Waals surface area contributed by atoms with Crippen LogP contribution in [0, 0.1) is 0 Å². The second-order valence-electron chi connectivity index (χ2n) is 4.71. The molecule has 2 aromatic rings. The van der Waals surface area contributed by atoms with Gasteiger partial charge in [0.25, 0.3) is 5.56 Å². The molecule has 0 aliphatic rings. The van der Waals surface area contributed by atoms with Crippen LogP contribution in [0.5, 0.6) is 0 Å². The maximum Gasteiger partial charge on any atom is 0.417 e. The predicted octanol–water partition coefficient (Wildman–Crippen LogP) is 3.01. The normalized spacial score (nSPS) is 11.2. The fourth-order valence-electron chi connectivity index (χ4n) is 1.82. The number of thiophene rings is 1. The van der Waals surface area contributed by atoms with Crippen molar-refractivity contribution < 1.29 is 27.5 Å². The monoisotopic (exact) mass is 394 g/mol. The summed E-state index contributed by atoms with van der Waals surface area (Å²) in [6.07, 6.45) is -4.19. The summed E-state index contributed by atoms with van der Waals surface area (Å²) in [7, 11) is 1.20. The summed E-state index contributed by atoms with van der Waals surface area (Å²) in [6.45, 7) is -0.673. The number of nitrogens with one attached hydrogen (secondary N) is 1. The summed E-state index contributed by atoms with van der Waals surface area (Å²) in [5.74, 6) is -1.35. The number of rotatable bonds is 4. The first-order valence-corrected chi connectivity index (χ1v) is 7.76. The number of ether oxygens (including phenoxy) is 1. The van der Waals surface area contributed by atoms with Crippen molar-refractivity contribution in [3.63, 3.8) is 0 Å².